The fraction of sp³-hybridized carbons (Fsp3) is 0.250. The van der Waals surface area contributed by atoms with Gasteiger partial charge in [0.05, 0.1) is 0 Å². The number of nitrogens with zero attached hydrogens (tertiary/aromatic N) is 1. The van der Waals surface area contributed by atoms with Crippen LogP contribution in [-0.2, 0) is 9.59 Å². The van der Waals surface area contributed by atoms with Crippen LogP contribution in [0.2, 0.25) is 0 Å². The van der Waals surface area contributed by atoms with Crippen LogP contribution in [-0.4, -0.2) is 92.4 Å². The molecule has 0 aliphatic rings. The summed E-state index contributed by atoms with van der Waals surface area (Å²) >= 11 is 0. The Labute approximate surface area is 185 Å². The average Bonchev–Trinajstić information content (AvgIpc) is 3.44. The summed E-state index contributed by atoms with van der Waals surface area (Å²) in [7, 11) is -3.98. The van der Waals surface area contributed by atoms with Crippen molar-refractivity contribution in [2.45, 2.75) is 12.5 Å². The predicted octanol–water partition coefficient (Wildman–Crippen LogP) is -4.55. The number of carboxylic acid groups (broad SMARTS) is 1. The minimum atomic E-state index is -2.00. The van der Waals surface area contributed by atoms with Crippen LogP contribution in [0.25, 0.3) is 0 Å². The highest BCUT2D eigenvalue weighted by atomic mass is 16.5. The van der Waals surface area contributed by atoms with Crippen molar-refractivity contribution in [3.63, 3.8) is 0 Å². The van der Waals surface area contributed by atoms with Crippen LogP contribution in [0, 0.1) is 0 Å². The third-order valence-corrected chi connectivity index (χ3v) is 4.23. The minimum absolute atomic E-state index is 0.340. The number of nitrogens with one attached hydrogen (secondary N) is 2. The van der Waals surface area contributed by atoms with E-state index in [4.69, 9.17) is 39.2 Å². The number of carbonyl (C=O) groups is 4. The van der Waals surface area contributed by atoms with Gasteiger partial charge in [0, 0.05) is 6.54 Å². The average molecular weight is 467 g/mol. The lowest BCUT2D eigenvalue weighted by atomic mass is 9.88. The molecule has 176 valence electrons. The van der Waals surface area contributed by atoms with E-state index in [2.05, 4.69) is 5.32 Å². The van der Waals surface area contributed by atoms with Gasteiger partial charge in [0.15, 0.2) is 11.5 Å². The van der Waals surface area contributed by atoms with Gasteiger partial charge >= 0.3 is 20.2 Å². The van der Waals surface area contributed by atoms with Gasteiger partial charge < -0.3 is 44.3 Å². The number of hydrogen-bond acceptors (Lipinski definition) is 11. The van der Waals surface area contributed by atoms with Gasteiger partial charge in [-0.1, -0.05) is 0 Å². The molecular weight excluding hydrogens is 448 g/mol. The Bertz CT molecular complexity index is 1000. The van der Waals surface area contributed by atoms with Crippen molar-refractivity contribution < 1.29 is 58.4 Å². The first-order chi connectivity index (χ1) is 15.5. The molecule has 0 radical (unpaired) electrons. The van der Waals surface area contributed by atoms with E-state index in [1.807, 2.05) is 0 Å². The van der Waals surface area contributed by atoms with Gasteiger partial charge in [0.1, 0.15) is 23.9 Å². The number of hydroxylamine groups is 1. The van der Waals surface area contributed by atoms with E-state index in [0.717, 1.165) is 29.2 Å². The van der Waals surface area contributed by atoms with E-state index < -0.39 is 68.6 Å². The number of aliphatic carboxylic acids is 1. The molecule has 15 nitrogen and oxygen atoms in total. The first kappa shape index (κ1) is 25.6. The summed E-state index contributed by atoms with van der Waals surface area (Å²) in [5.74, 6) is -5.22. The number of amides is 3. The number of rotatable bonds is 11. The van der Waals surface area contributed by atoms with Gasteiger partial charge in [0.2, 0.25) is 0 Å². The molecule has 17 heteroatoms. The first-order valence-corrected chi connectivity index (χ1v) is 9.21. The lowest BCUT2D eigenvalue weighted by molar-refractivity contribution is -0.137. The lowest BCUT2D eigenvalue weighted by Gasteiger charge is -2.23. The van der Waals surface area contributed by atoms with Crippen molar-refractivity contribution >= 4 is 49.2 Å². The molecule has 2 rings (SSSR count). The molecule has 0 saturated heterocycles. The van der Waals surface area contributed by atoms with Crippen LogP contribution >= 0.6 is 0 Å². The van der Waals surface area contributed by atoms with Gasteiger partial charge in [-0.15, -0.1) is 0 Å². The van der Waals surface area contributed by atoms with E-state index in [1.165, 1.54) is 5.48 Å². The highest BCUT2D eigenvalue weighted by Gasteiger charge is 2.28. The second-order valence-corrected chi connectivity index (χ2v) is 6.56. The molecule has 0 spiro atoms. The van der Waals surface area contributed by atoms with Crippen LogP contribution in [0.5, 0.6) is 0 Å². The molecular formula is C16H19B2N3O12. The van der Waals surface area contributed by atoms with E-state index in [-0.39, 0.29) is 17.7 Å². The van der Waals surface area contributed by atoms with Gasteiger partial charge in [-0.2, -0.15) is 0 Å². The van der Waals surface area contributed by atoms with Crippen LogP contribution in [0.15, 0.2) is 33.1 Å². The van der Waals surface area contributed by atoms with Crippen LogP contribution in [0.1, 0.15) is 27.5 Å². The molecule has 0 aromatic carbocycles. The molecule has 8 N–H and O–H groups in total. The maximum atomic E-state index is 12.6. The van der Waals surface area contributed by atoms with Crippen molar-refractivity contribution in [1.29, 1.82) is 0 Å². The molecule has 0 bridgehead atoms. The molecule has 3 amide bonds. The standard InChI is InChI=1S/C16H19B2N3O12/c22-13(23)7-21(16(26)10-2-4-12(33-10)18(29)30)6-5-8(14(24)20-31)19-15(25)9-1-3-11(32-9)17(27)28/h1-4,8,27-31H,5-7H2,(H,19,25)(H,20,24)(H,22,23)/t8-/m1/s1. The van der Waals surface area contributed by atoms with Crippen LogP contribution < -0.4 is 22.1 Å². The Hall–Kier alpha value is -3.63. The van der Waals surface area contributed by atoms with Crippen molar-refractivity contribution in [2.24, 2.45) is 0 Å². The summed E-state index contributed by atoms with van der Waals surface area (Å²) < 4.78 is 9.88. The summed E-state index contributed by atoms with van der Waals surface area (Å²) in [6.45, 7) is -1.24. The summed E-state index contributed by atoms with van der Waals surface area (Å²) in [6.07, 6.45) is -0.371. The molecule has 1 atom stereocenters. The molecule has 2 aromatic heterocycles. The summed E-state index contributed by atoms with van der Waals surface area (Å²) in [5.41, 5.74) is 0.631. The summed E-state index contributed by atoms with van der Waals surface area (Å²) in [6, 6.07) is 2.93. The van der Waals surface area contributed by atoms with Gasteiger partial charge in [0.25, 0.3) is 17.7 Å². The van der Waals surface area contributed by atoms with Crippen LogP contribution in [0.3, 0.4) is 0 Å². The molecule has 0 aliphatic heterocycles. The van der Waals surface area contributed by atoms with E-state index in [0.29, 0.717) is 0 Å². The molecule has 0 saturated carbocycles. The summed E-state index contributed by atoms with van der Waals surface area (Å²) in [5, 5.41) is 56.4. The first-order valence-electron chi connectivity index (χ1n) is 9.21. The fourth-order valence-electron chi connectivity index (χ4n) is 2.65. The van der Waals surface area contributed by atoms with Crippen LogP contribution in [0.4, 0.5) is 0 Å². The maximum absolute atomic E-state index is 12.6. The maximum Gasteiger partial charge on any atom is 0.526 e. The molecule has 0 fully saturated rings. The fourth-order valence-corrected chi connectivity index (χ4v) is 2.65. The minimum Gasteiger partial charge on any atom is -0.480 e. The topological polar surface area (TPSA) is 243 Å². The SMILES string of the molecule is O=C(O)CN(CC[C@@H](NC(=O)c1ccc(B(O)O)o1)C(=O)NO)C(=O)c1ccc(B(O)O)o1. The zero-order valence-corrected chi connectivity index (χ0v) is 16.7. The number of hydrogen-bond donors (Lipinski definition) is 8. The molecule has 2 heterocycles. The van der Waals surface area contributed by atoms with E-state index >= 15 is 0 Å². The number of carboxylic acids is 1. The van der Waals surface area contributed by atoms with E-state index in [1.54, 1.807) is 0 Å². The van der Waals surface area contributed by atoms with Crippen molar-refractivity contribution in [2.75, 3.05) is 13.1 Å². The van der Waals surface area contributed by atoms with Crippen molar-refractivity contribution in [3.8, 4) is 0 Å². The molecule has 0 unspecified atom stereocenters. The quantitative estimate of drug-likeness (QED) is 0.0885. The predicted molar refractivity (Wildman–Crippen MR) is 106 cm³/mol. The highest BCUT2D eigenvalue weighted by molar-refractivity contribution is 6.57. The Morgan fingerprint density at radius 2 is 1.48 bits per heavy atom. The largest absolute Gasteiger partial charge is 0.526 e. The molecule has 33 heavy (non-hydrogen) atoms. The lowest BCUT2D eigenvalue weighted by Crippen LogP contribution is -2.48. The van der Waals surface area contributed by atoms with Gasteiger partial charge in [-0.25, -0.2) is 5.48 Å². The Kier molecular flexibility index (Phi) is 8.77. The zero-order valence-electron chi connectivity index (χ0n) is 16.7. The van der Waals surface area contributed by atoms with Gasteiger partial charge in [-0.3, -0.25) is 24.4 Å². The Balaban J connectivity index is 2.13. The monoisotopic (exact) mass is 467 g/mol. The Morgan fingerprint density at radius 3 is 1.97 bits per heavy atom. The Morgan fingerprint density at radius 1 is 0.939 bits per heavy atom. The normalized spacial score (nSPS) is 11.4. The van der Waals surface area contributed by atoms with Crippen molar-refractivity contribution in [3.05, 3.63) is 35.8 Å². The number of furan rings is 2. The second kappa shape index (κ2) is 11.3. The zero-order chi connectivity index (χ0) is 24.7. The number of carbonyl (C=O) groups excluding carboxylic acids is 3. The van der Waals surface area contributed by atoms with Gasteiger partial charge in [-0.05, 0) is 30.7 Å². The second-order valence-electron chi connectivity index (χ2n) is 6.56. The smallest absolute Gasteiger partial charge is 0.480 e. The third kappa shape index (κ3) is 6.93. The molecule has 0 aliphatic carbocycles. The third-order valence-electron chi connectivity index (χ3n) is 4.23. The molecule has 2 aromatic rings. The van der Waals surface area contributed by atoms with E-state index in [9.17, 15) is 19.2 Å². The highest BCUT2D eigenvalue weighted by Crippen LogP contribution is 2.08. The van der Waals surface area contributed by atoms with Crippen molar-refractivity contribution in [1.82, 2.24) is 15.7 Å². The summed E-state index contributed by atoms with van der Waals surface area (Å²) in [4.78, 5) is 48.8.